The summed E-state index contributed by atoms with van der Waals surface area (Å²) in [5, 5.41) is 29.0. The molecule has 2 amide bonds. The molecule has 172 valence electrons. The first-order chi connectivity index (χ1) is 17.2. The van der Waals surface area contributed by atoms with E-state index in [0.717, 1.165) is 5.69 Å². The van der Waals surface area contributed by atoms with Gasteiger partial charge in [-0.05, 0) is 64.2 Å². The number of anilines is 2. The van der Waals surface area contributed by atoms with Crippen molar-refractivity contribution >= 4 is 23.2 Å². The van der Waals surface area contributed by atoms with Crippen molar-refractivity contribution in [1.29, 1.82) is 0 Å². The minimum atomic E-state index is -0.310. The molecule has 0 spiro atoms. The van der Waals surface area contributed by atoms with Crippen LogP contribution >= 0.6 is 0 Å². The molecule has 0 atom stereocenters. The molecule has 5 aromatic rings. The Bertz CT molecular complexity index is 1450. The van der Waals surface area contributed by atoms with Crippen molar-refractivity contribution in [3.8, 4) is 17.1 Å². The number of hydrogen-bond donors (Lipinski definition) is 2. The van der Waals surface area contributed by atoms with Gasteiger partial charge in [-0.3, -0.25) is 9.59 Å². The molecule has 0 aliphatic rings. The average Bonchev–Trinajstić information content (AvgIpc) is 3.58. The van der Waals surface area contributed by atoms with Gasteiger partial charge in [0.1, 0.15) is 12.9 Å². The molecule has 2 N–H and O–H groups in total. The largest absolute Gasteiger partial charge is 0.324 e. The molecule has 0 aliphatic carbocycles. The Labute approximate surface area is 198 Å². The zero-order valence-electron chi connectivity index (χ0n) is 18.2. The Balaban J connectivity index is 1.28. The first kappa shape index (κ1) is 21.6. The maximum atomic E-state index is 12.8. The molecule has 0 saturated heterocycles. The van der Waals surface area contributed by atoms with Crippen molar-refractivity contribution < 1.29 is 9.59 Å². The van der Waals surface area contributed by atoms with Crippen LogP contribution in [0.2, 0.25) is 0 Å². The SMILES string of the molecule is O=C(Cn1nnc(-c2ccccc2NC(=O)c2ccc(-n3cnnn3)cc2)n1)Nc1ccccc1. The van der Waals surface area contributed by atoms with Crippen molar-refractivity contribution in [2.24, 2.45) is 0 Å². The Morgan fingerprint density at radius 1 is 0.829 bits per heavy atom. The highest BCUT2D eigenvalue weighted by molar-refractivity contribution is 6.06. The number of hydrogen-bond acceptors (Lipinski definition) is 8. The number of rotatable bonds is 7. The van der Waals surface area contributed by atoms with Crippen LogP contribution in [-0.2, 0) is 11.3 Å². The topological polar surface area (TPSA) is 145 Å². The molecule has 5 rings (SSSR count). The molecule has 0 radical (unpaired) electrons. The van der Waals surface area contributed by atoms with E-state index < -0.39 is 0 Å². The summed E-state index contributed by atoms with van der Waals surface area (Å²) in [5.41, 5.74) is 2.93. The lowest BCUT2D eigenvalue weighted by Gasteiger charge is -2.09. The normalized spacial score (nSPS) is 10.6. The van der Waals surface area contributed by atoms with E-state index in [-0.39, 0.29) is 24.2 Å². The Hall–Kier alpha value is -5.26. The van der Waals surface area contributed by atoms with E-state index in [4.69, 9.17) is 0 Å². The fourth-order valence-corrected chi connectivity index (χ4v) is 3.30. The van der Waals surface area contributed by atoms with E-state index in [2.05, 4.69) is 41.6 Å². The summed E-state index contributed by atoms with van der Waals surface area (Å²) in [6.07, 6.45) is 1.47. The highest BCUT2D eigenvalue weighted by atomic mass is 16.2. The molecule has 35 heavy (non-hydrogen) atoms. The third kappa shape index (κ3) is 5.06. The summed E-state index contributed by atoms with van der Waals surface area (Å²) < 4.78 is 1.49. The van der Waals surface area contributed by atoms with Gasteiger partial charge in [0, 0.05) is 16.8 Å². The van der Waals surface area contributed by atoms with Crippen LogP contribution in [-0.4, -0.2) is 52.2 Å². The number of para-hydroxylation sites is 2. The van der Waals surface area contributed by atoms with Gasteiger partial charge in [-0.2, -0.15) is 4.80 Å². The molecule has 0 saturated carbocycles. The van der Waals surface area contributed by atoms with Crippen LogP contribution in [0, 0.1) is 0 Å². The maximum Gasteiger partial charge on any atom is 0.255 e. The zero-order valence-corrected chi connectivity index (χ0v) is 18.2. The number of carbonyl (C=O) groups excluding carboxylic acids is 2. The summed E-state index contributed by atoms with van der Waals surface area (Å²) in [4.78, 5) is 26.3. The van der Waals surface area contributed by atoms with E-state index in [0.29, 0.717) is 22.5 Å². The fraction of sp³-hybridized carbons (Fsp3) is 0.0435. The third-order valence-electron chi connectivity index (χ3n) is 4.95. The van der Waals surface area contributed by atoms with E-state index in [1.54, 1.807) is 60.7 Å². The number of nitrogens with one attached hydrogen (secondary N) is 2. The average molecular weight is 466 g/mol. The molecule has 12 heteroatoms. The van der Waals surface area contributed by atoms with Gasteiger partial charge < -0.3 is 10.6 Å². The van der Waals surface area contributed by atoms with Crippen LogP contribution < -0.4 is 10.6 Å². The van der Waals surface area contributed by atoms with E-state index in [1.165, 1.54) is 15.8 Å². The molecule has 12 nitrogen and oxygen atoms in total. The van der Waals surface area contributed by atoms with Crippen LogP contribution in [0.5, 0.6) is 0 Å². The van der Waals surface area contributed by atoms with Crippen molar-refractivity contribution in [2.45, 2.75) is 6.54 Å². The van der Waals surface area contributed by atoms with Gasteiger partial charge in [0.25, 0.3) is 5.91 Å². The van der Waals surface area contributed by atoms with Crippen molar-refractivity contribution in [3.05, 3.63) is 90.8 Å². The standard InChI is InChI=1S/C23H18N10O2/c34-21(25-17-6-2-1-3-7-17)14-33-28-22(27-30-33)19-8-4-5-9-20(19)26-23(35)16-10-12-18(13-11-16)32-15-24-29-31-32/h1-13,15H,14H2,(H,25,34)(H,26,35). The van der Waals surface area contributed by atoms with Crippen molar-refractivity contribution in [3.63, 3.8) is 0 Å². The van der Waals surface area contributed by atoms with Crippen molar-refractivity contribution in [2.75, 3.05) is 10.6 Å². The van der Waals surface area contributed by atoms with Crippen molar-refractivity contribution in [1.82, 2.24) is 40.4 Å². The molecule has 0 fully saturated rings. The molecule has 0 aliphatic heterocycles. The number of benzene rings is 3. The molecule has 3 aromatic carbocycles. The summed E-state index contributed by atoms with van der Waals surface area (Å²) in [7, 11) is 0. The first-order valence-corrected chi connectivity index (χ1v) is 10.5. The minimum Gasteiger partial charge on any atom is -0.324 e. The summed E-state index contributed by atoms with van der Waals surface area (Å²) in [6.45, 7) is -0.107. The van der Waals surface area contributed by atoms with Gasteiger partial charge in [-0.25, -0.2) is 4.68 Å². The molecule has 0 bridgehead atoms. The number of tetrazole rings is 2. The second-order valence-corrected chi connectivity index (χ2v) is 7.36. The monoisotopic (exact) mass is 466 g/mol. The lowest BCUT2D eigenvalue weighted by atomic mass is 10.1. The lowest BCUT2D eigenvalue weighted by molar-refractivity contribution is -0.117. The Kier molecular flexibility index (Phi) is 5.98. The molecular formula is C23H18N10O2. The van der Waals surface area contributed by atoms with Gasteiger partial charge >= 0.3 is 0 Å². The number of nitrogens with zero attached hydrogens (tertiary/aromatic N) is 8. The highest BCUT2D eigenvalue weighted by Crippen LogP contribution is 2.25. The predicted octanol–water partition coefficient (Wildman–Crippen LogP) is 2.21. The first-order valence-electron chi connectivity index (χ1n) is 10.5. The zero-order chi connectivity index (χ0) is 24.0. The van der Waals surface area contributed by atoms with E-state index in [1.807, 2.05) is 18.2 Å². The summed E-state index contributed by atoms with van der Waals surface area (Å²) >= 11 is 0. The second kappa shape index (κ2) is 9.70. The van der Waals surface area contributed by atoms with Crippen LogP contribution in [0.4, 0.5) is 11.4 Å². The number of carbonyl (C=O) groups is 2. The maximum absolute atomic E-state index is 12.8. The van der Waals surface area contributed by atoms with Crippen LogP contribution in [0.25, 0.3) is 17.1 Å². The second-order valence-electron chi connectivity index (χ2n) is 7.36. The van der Waals surface area contributed by atoms with Gasteiger partial charge in [0.15, 0.2) is 0 Å². The minimum absolute atomic E-state index is 0.107. The van der Waals surface area contributed by atoms with Gasteiger partial charge in [0.05, 0.1) is 11.4 Å². The van der Waals surface area contributed by atoms with E-state index in [9.17, 15) is 9.59 Å². The van der Waals surface area contributed by atoms with Crippen LogP contribution in [0.15, 0.2) is 85.2 Å². The lowest BCUT2D eigenvalue weighted by Crippen LogP contribution is -2.20. The van der Waals surface area contributed by atoms with E-state index >= 15 is 0 Å². The Morgan fingerprint density at radius 2 is 1.60 bits per heavy atom. The third-order valence-corrected chi connectivity index (χ3v) is 4.95. The van der Waals surface area contributed by atoms with Gasteiger partial charge in [-0.1, -0.05) is 30.3 Å². The van der Waals surface area contributed by atoms with Crippen LogP contribution in [0.1, 0.15) is 10.4 Å². The molecule has 0 unspecified atom stereocenters. The quantitative estimate of drug-likeness (QED) is 0.371. The highest BCUT2D eigenvalue weighted by Gasteiger charge is 2.15. The number of amides is 2. The molecule has 2 aromatic heterocycles. The predicted molar refractivity (Wildman–Crippen MR) is 125 cm³/mol. The summed E-state index contributed by atoms with van der Waals surface area (Å²) in [6, 6.07) is 23.0. The number of aromatic nitrogens is 8. The molecular weight excluding hydrogens is 448 g/mol. The summed E-state index contributed by atoms with van der Waals surface area (Å²) in [5.74, 6) is -0.315. The molecule has 2 heterocycles. The van der Waals surface area contributed by atoms with Gasteiger partial charge in [-0.15, -0.1) is 15.3 Å². The van der Waals surface area contributed by atoms with Gasteiger partial charge in [0.2, 0.25) is 11.7 Å². The fourth-order valence-electron chi connectivity index (χ4n) is 3.30. The van der Waals surface area contributed by atoms with Crippen LogP contribution in [0.3, 0.4) is 0 Å². The Morgan fingerprint density at radius 3 is 2.37 bits per heavy atom. The smallest absolute Gasteiger partial charge is 0.255 e.